The lowest BCUT2D eigenvalue weighted by molar-refractivity contribution is -0.139. The van der Waals surface area contributed by atoms with E-state index >= 15 is 0 Å². The zero-order valence-corrected chi connectivity index (χ0v) is 9.47. The molecule has 3 atom stereocenters. The summed E-state index contributed by atoms with van der Waals surface area (Å²) in [5, 5.41) is 0. The predicted molar refractivity (Wildman–Crippen MR) is 57.3 cm³/mol. The van der Waals surface area contributed by atoms with Crippen molar-refractivity contribution in [2.45, 2.75) is 20.3 Å². The van der Waals surface area contributed by atoms with Gasteiger partial charge < -0.3 is 0 Å². The maximum absolute atomic E-state index is 11.9. The van der Waals surface area contributed by atoms with Gasteiger partial charge in [-0.2, -0.15) is 0 Å². The van der Waals surface area contributed by atoms with Gasteiger partial charge in [-0.05, 0) is 20.3 Å². The third kappa shape index (κ3) is 1.49. The first-order valence-corrected chi connectivity index (χ1v) is 5.60. The summed E-state index contributed by atoms with van der Waals surface area (Å²) in [7, 11) is 0. The minimum Gasteiger partial charge on any atom is -0.299 e. The topological polar surface area (TPSA) is 54.5 Å². The van der Waals surface area contributed by atoms with Crippen LogP contribution >= 0.6 is 0 Å². The molecule has 4 heteroatoms. The van der Waals surface area contributed by atoms with E-state index in [1.165, 1.54) is 11.8 Å². The summed E-state index contributed by atoms with van der Waals surface area (Å²) in [5.41, 5.74) is 0. The van der Waals surface area contributed by atoms with E-state index in [1.807, 2.05) is 0 Å². The minimum atomic E-state index is -0.331. The molecule has 0 aromatic heterocycles. The van der Waals surface area contributed by atoms with E-state index in [2.05, 4.69) is 0 Å². The van der Waals surface area contributed by atoms with Gasteiger partial charge in [-0.3, -0.25) is 19.3 Å². The van der Waals surface area contributed by atoms with Gasteiger partial charge in [0.1, 0.15) is 5.78 Å². The number of hydrogen-bond acceptors (Lipinski definition) is 3. The molecule has 2 amide bonds. The maximum atomic E-state index is 11.9. The molecule has 0 aromatic rings. The summed E-state index contributed by atoms with van der Waals surface area (Å²) in [5.74, 6) is -1.02. The van der Waals surface area contributed by atoms with E-state index in [4.69, 9.17) is 0 Å². The first kappa shape index (κ1) is 11.0. The van der Waals surface area contributed by atoms with Crippen LogP contribution in [-0.2, 0) is 14.4 Å². The summed E-state index contributed by atoms with van der Waals surface area (Å²) in [6.07, 6.45) is 3.99. The molecule has 0 spiro atoms. The van der Waals surface area contributed by atoms with Crippen molar-refractivity contribution in [3.8, 4) is 0 Å². The Labute approximate surface area is 94.3 Å². The molecule has 2 rings (SSSR count). The van der Waals surface area contributed by atoms with Gasteiger partial charge in [0.15, 0.2) is 0 Å². The van der Waals surface area contributed by atoms with Crippen LogP contribution in [0.5, 0.6) is 0 Å². The van der Waals surface area contributed by atoms with Crippen LogP contribution in [0.15, 0.2) is 12.2 Å². The molecule has 1 saturated heterocycles. The number of carbonyl (C=O) groups excluding carboxylic acids is 3. The van der Waals surface area contributed by atoms with E-state index in [1.54, 1.807) is 19.1 Å². The van der Waals surface area contributed by atoms with Gasteiger partial charge in [0.05, 0.1) is 11.8 Å². The number of fused-ring (bicyclic) bond motifs is 1. The van der Waals surface area contributed by atoms with Crippen LogP contribution in [0.2, 0.25) is 0 Å². The van der Waals surface area contributed by atoms with Crippen LogP contribution in [0.1, 0.15) is 20.3 Å². The molecule has 1 aliphatic heterocycles. The Morgan fingerprint density at radius 1 is 1.38 bits per heavy atom. The number of Topliss-reactive ketones (excluding diaryl/α,β-unsaturated/α-hetero) is 1. The normalized spacial score (nSPS) is 33.1. The standard InChI is InChI=1S/C12H15NO3/c1-3-13-11(15)9-5-4-8(7(2)14)6-10(9)12(13)16/h4-5,8-10H,3,6H2,1-2H3/t8-,9-,10+/m0/s1. The second-order valence-corrected chi connectivity index (χ2v) is 4.39. The van der Waals surface area contributed by atoms with Crippen LogP contribution in [0, 0.1) is 17.8 Å². The van der Waals surface area contributed by atoms with Gasteiger partial charge in [0.25, 0.3) is 0 Å². The largest absolute Gasteiger partial charge is 0.299 e. The highest BCUT2D eigenvalue weighted by Gasteiger charge is 2.47. The molecule has 16 heavy (non-hydrogen) atoms. The fraction of sp³-hybridized carbons (Fsp3) is 0.583. The summed E-state index contributed by atoms with van der Waals surface area (Å²) in [6.45, 7) is 3.73. The number of nitrogens with zero attached hydrogens (tertiary/aromatic N) is 1. The second-order valence-electron chi connectivity index (χ2n) is 4.39. The number of allylic oxidation sites excluding steroid dienone is 1. The molecule has 0 saturated carbocycles. The van der Waals surface area contributed by atoms with E-state index in [0.717, 1.165) is 0 Å². The average molecular weight is 221 g/mol. The first-order valence-electron chi connectivity index (χ1n) is 5.60. The van der Waals surface area contributed by atoms with E-state index in [-0.39, 0.29) is 35.4 Å². The minimum absolute atomic E-state index is 0.0601. The number of carbonyl (C=O) groups is 3. The van der Waals surface area contributed by atoms with Crippen molar-refractivity contribution in [2.24, 2.45) is 17.8 Å². The molecule has 1 fully saturated rings. The number of hydrogen-bond donors (Lipinski definition) is 0. The van der Waals surface area contributed by atoms with Gasteiger partial charge >= 0.3 is 0 Å². The van der Waals surface area contributed by atoms with Crippen molar-refractivity contribution in [2.75, 3.05) is 6.54 Å². The molecular weight excluding hydrogens is 206 g/mol. The van der Waals surface area contributed by atoms with Crippen LogP contribution in [0.4, 0.5) is 0 Å². The first-order chi connectivity index (χ1) is 7.56. The summed E-state index contributed by atoms with van der Waals surface area (Å²) in [6, 6.07) is 0. The Balaban J connectivity index is 2.26. The van der Waals surface area contributed by atoms with Crippen molar-refractivity contribution >= 4 is 17.6 Å². The molecule has 0 aromatic carbocycles. The lowest BCUT2D eigenvalue weighted by atomic mass is 9.79. The smallest absolute Gasteiger partial charge is 0.236 e. The molecular formula is C12H15NO3. The highest BCUT2D eigenvalue weighted by atomic mass is 16.2. The van der Waals surface area contributed by atoms with Crippen molar-refractivity contribution in [1.82, 2.24) is 4.90 Å². The van der Waals surface area contributed by atoms with Gasteiger partial charge in [0, 0.05) is 12.5 Å². The maximum Gasteiger partial charge on any atom is 0.236 e. The van der Waals surface area contributed by atoms with Crippen molar-refractivity contribution in [3.05, 3.63) is 12.2 Å². The second kappa shape index (κ2) is 3.85. The van der Waals surface area contributed by atoms with Crippen LogP contribution in [0.25, 0.3) is 0 Å². The molecule has 0 bridgehead atoms. The van der Waals surface area contributed by atoms with Crippen molar-refractivity contribution in [3.63, 3.8) is 0 Å². The van der Waals surface area contributed by atoms with E-state index in [0.29, 0.717) is 13.0 Å². The van der Waals surface area contributed by atoms with E-state index in [9.17, 15) is 14.4 Å². The molecule has 86 valence electrons. The van der Waals surface area contributed by atoms with Crippen LogP contribution in [-0.4, -0.2) is 29.0 Å². The number of imide groups is 1. The van der Waals surface area contributed by atoms with Gasteiger partial charge in [-0.1, -0.05) is 12.2 Å². The zero-order chi connectivity index (χ0) is 11.9. The summed E-state index contributed by atoms with van der Waals surface area (Å²) < 4.78 is 0. The molecule has 1 heterocycles. The lowest BCUT2D eigenvalue weighted by Crippen LogP contribution is -2.30. The van der Waals surface area contributed by atoms with Crippen molar-refractivity contribution < 1.29 is 14.4 Å². The van der Waals surface area contributed by atoms with Crippen LogP contribution < -0.4 is 0 Å². The Hall–Kier alpha value is -1.45. The number of rotatable bonds is 2. The Morgan fingerprint density at radius 3 is 2.62 bits per heavy atom. The van der Waals surface area contributed by atoms with Crippen molar-refractivity contribution in [1.29, 1.82) is 0 Å². The average Bonchev–Trinajstić information content (AvgIpc) is 2.51. The summed E-state index contributed by atoms with van der Waals surface area (Å²) in [4.78, 5) is 36.3. The molecule has 1 aliphatic carbocycles. The summed E-state index contributed by atoms with van der Waals surface area (Å²) >= 11 is 0. The number of ketones is 1. The molecule has 0 N–H and O–H groups in total. The Morgan fingerprint density at radius 2 is 2.06 bits per heavy atom. The highest BCUT2D eigenvalue weighted by molar-refractivity contribution is 6.06. The fourth-order valence-electron chi connectivity index (χ4n) is 2.50. The number of amides is 2. The molecule has 0 radical (unpaired) electrons. The quantitative estimate of drug-likeness (QED) is 0.511. The van der Waals surface area contributed by atoms with Gasteiger partial charge in [-0.15, -0.1) is 0 Å². The lowest BCUT2D eigenvalue weighted by Gasteiger charge is -2.21. The Kier molecular flexibility index (Phi) is 2.66. The number of likely N-dealkylation sites (tertiary alicyclic amines) is 1. The Bertz CT molecular complexity index is 386. The highest BCUT2D eigenvalue weighted by Crippen LogP contribution is 2.36. The van der Waals surface area contributed by atoms with Gasteiger partial charge in [0.2, 0.25) is 11.8 Å². The third-order valence-corrected chi connectivity index (χ3v) is 3.46. The zero-order valence-electron chi connectivity index (χ0n) is 9.47. The van der Waals surface area contributed by atoms with Crippen LogP contribution in [0.3, 0.4) is 0 Å². The monoisotopic (exact) mass is 221 g/mol. The third-order valence-electron chi connectivity index (χ3n) is 3.46. The molecule has 2 aliphatic rings. The van der Waals surface area contributed by atoms with Gasteiger partial charge in [-0.25, -0.2) is 0 Å². The van der Waals surface area contributed by atoms with E-state index < -0.39 is 0 Å². The predicted octanol–water partition coefficient (Wildman–Crippen LogP) is 0.773. The molecule has 0 unspecified atom stereocenters. The molecule has 4 nitrogen and oxygen atoms in total. The SMILES string of the molecule is CCN1C(=O)[C@H]2C=C[C@H](C(C)=O)C[C@H]2C1=O. The fourth-order valence-corrected chi connectivity index (χ4v) is 2.50.